The Morgan fingerprint density at radius 3 is 2.32 bits per heavy atom. The van der Waals surface area contributed by atoms with Gasteiger partial charge in [-0.15, -0.1) is 0 Å². The van der Waals surface area contributed by atoms with Gasteiger partial charge in [-0.25, -0.2) is 9.78 Å². The van der Waals surface area contributed by atoms with Crippen LogP contribution in [0.4, 0.5) is 10.5 Å². The minimum absolute atomic E-state index is 0.00931. The summed E-state index contributed by atoms with van der Waals surface area (Å²) in [5.41, 5.74) is 1.10. The molecule has 4 rings (SSSR count). The van der Waals surface area contributed by atoms with E-state index < -0.39 is 0 Å². The number of urea groups is 1. The molecule has 0 spiro atoms. The molecule has 0 bridgehead atoms. The molecule has 6 nitrogen and oxygen atoms in total. The summed E-state index contributed by atoms with van der Waals surface area (Å²) in [7, 11) is 0. The third kappa shape index (κ3) is 3.48. The van der Waals surface area contributed by atoms with Gasteiger partial charge in [-0.2, -0.15) is 0 Å². The van der Waals surface area contributed by atoms with E-state index in [4.69, 9.17) is 0 Å². The standard InChI is InChI=1S/C19H26N4O2/c24-18(22-9-2-1-3-10-22)17-8-7-16(11-20-17)21-19(25)23-12-14-5-4-6-15(14)13-23/h7-8,11,14-15H,1-6,9-10,12-13H2,(H,21,25). The van der Waals surface area contributed by atoms with Crippen molar-refractivity contribution in [2.75, 3.05) is 31.5 Å². The Bertz CT molecular complexity index is 627. The van der Waals surface area contributed by atoms with Crippen LogP contribution in [0.15, 0.2) is 18.3 Å². The first kappa shape index (κ1) is 16.4. The van der Waals surface area contributed by atoms with E-state index >= 15 is 0 Å². The smallest absolute Gasteiger partial charge is 0.321 e. The average Bonchev–Trinajstić information content (AvgIpc) is 3.24. The maximum atomic E-state index is 12.4. The largest absolute Gasteiger partial charge is 0.337 e. The van der Waals surface area contributed by atoms with Crippen molar-refractivity contribution in [2.45, 2.75) is 38.5 Å². The zero-order chi connectivity index (χ0) is 17.2. The Kier molecular flexibility index (Phi) is 4.59. The fraction of sp³-hybridized carbons (Fsp3) is 0.632. The van der Waals surface area contributed by atoms with Crippen molar-refractivity contribution in [3.63, 3.8) is 0 Å². The number of nitrogens with one attached hydrogen (secondary N) is 1. The fourth-order valence-electron chi connectivity index (χ4n) is 4.46. The fourth-order valence-corrected chi connectivity index (χ4v) is 4.46. The minimum Gasteiger partial charge on any atom is -0.337 e. The summed E-state index contributed by atoms with van der Waals surface area (Å²) < 4.78 is 0. The van der Waals surface area contributed by atoms with Crippen LogP contribution in [0.1, 0.15) is 49.0 Å². The molecule has 1 aromatic heterocycles. The number of likely N-dealkylation sites (tertiary alicyclic amines) is 2. The van der Waals surface area contributed by atoms with Crippen LogP contribution in [0.3, 0.4) is 0 Å². The van der Waals surface area contributed by atoms with Crippen LogP contribution in [0, 0.1) is 11.8 Å². The lowest BCUT2D eigenvalue weighted by atomic mass is 10.0. The summed E-state index contributed by atoms with van der Waals surface area (Å²) in [4.78, 5) is 32.9. The zero-order valence-corrected chi connectivity index (χ0v) is 14.6. The Labute approximate surface area is 148 Å². The van der Waals surface area contributed by atoms with Crippen LogP contribution >= 0.6 is 0 Å². The Morgan fingerprint density at radius 1 is 0.960 bits per heavy atom. The highest BCUT2D eigenvalue weighted by atomic mass is 16.2. The summed E-state index contributed by atoms with van der Waals surface area (Å²) in [6, 6.07) is 3.44. The normalized spacial score (nSPS) is 25.8. The summed E-state index contributed by atoms with van der Waals surface area (Å²) in [6.07, 6.45) is 8.73. The van der Waals surface area contributed by atoms with Crippen LogP contribution in [-0.4, -0.2) is 52.9 Å². The Morgan fingerprint density at radius 2 is 1.68 bits per heavy atom. The van der Waals surface area contributed by atoms with E-state index in [0.29, 0.717) is 23.2 Å². The second-order valence-corrected chi connectivity index (χ2v) is 7.57. The number of hydrogen-bond donors (Lipinski definition) is 1. The van der Waals surface area contributed by atoms with Crippen LogP contribution < -0.4 is 5.32 Å². The van der Waals surface area contributed by atoms with Crippen molar-refractivity contribution in [2.24, 2.45) is 11.8 Å². The molecule has 1 aliphatic carbocycles. The molecule has 0 aromatic carbocycles. The summed E-state index contributed by atoms with van der Waals surface area (Å²) >= 11 is 0. The van der Waals surface area contributed by atoms with Gasteiger partial charge in [-0.3, -0.25) is 4.79 Å². The quantitative estimate of drug-likeness (QED) is 0.898. The molecule has 2 unspecified atom stereocenters. The number of piperidine rings is 1. The van der Waals surface area contributed by atoms with Gasteiger partial charge in [0.05, 0.1) is 11.9 Å². The van der Waals surface area contributed by atoms with E-state index in [1.54, 1.807) is 18.3 Å². The van der Waals surface area contributed by atoms with Crippen LogP contribution in [0.25, 0.3) is 0 Å². The van der Waals surface area contributed by atoms with Crippen LogP contribution in [-0.2, 0) is 0 Å². The van der Waals surface area contributed by atoms with E-state index in [-0.39, 0.29) is 11.9 Å². The lowest BCUT2D eigenvalue weighted by Crippen LogP contribution is -2.36. The number of aromatic nitrogens is 1. The van der Waals surface area contributed by atoms with Gasteiger partial charge in [0.2, 0.25) is 0 Å². The van der Waals surface area contributed by atoms with Crippen molar-refractivity contribution in [1.29, 1.82) is 0 Å². The molecule has 1 N–H and O–H groups in total. The first-order valence-electron chi connectivity index (χ1n) is 9.52. The minimum atomic E-state index is -0.0497. The van der Waals surface area contributed by atoms with Crippen molar-refractivity contribution in [3.8, 4) is 0 Å². The SMILES string of the molecule is O=C(Nc1ccc(C(=O)N2CCCCC2)nc1)N1CC2CCCC2C1. The summed E-state index contributed by atoms with van der Waals surface area (Å²) in [6.45, 7) is 3.37. The lowest BCUT2D eigenvalue weighted by molar-refractivity contribution is 0.0718. The number of hydrogen-bond acceptors (Lipinski definition) is 3. The molecule has 3 fully saturated rings. The monoisotopic (exact) mass is 342 g/mol. The summed E-state index contributed by atoms with van der Waals surface area (Å²) in [5, 5.41) is 2.92. The number of rotatable bonds is 2. The molecule has 6 heteroatoms. The van der Waals surface area contributed by atoms with E-state index in [1.165, 1.54) is 25.7 Å². The zero-order valence-electron chi connectivity index (χ0n) is 14.6. The van der Waals surface area contributed by atoms with Gasteiger partial charge >= 0.3 is 6.03 Å². The molecule has 1 saturated carbocycles. The molecule has 2 atom stereocenters. The Balaban J connectivity index is 1.34. The molecule has 25 heavy (non-hydrogen) atoms. The van der Waals surface area contributed by atoms with Gasteiger partial charge in [0.1, 0.15) is 5.69 Å². The van der Waals surface area contributed by atoms with Gasteiger partial charge in [0.15, 0.2) is 0 Å². The third-order valence-electron chi connectivity index (χ3n) is 5.89. The predicted octanol–water partition coefficient (Wildman–Crippen LogP) is 2.97. The predicted molar refractivity (Wildman–Crippen MR) is 95.4 cm³/mol. The number of pyridine rings is 1. The van der Waals surface area contributed by atoms with E-state index in [9.17, 15) is 9.59 Å². The number of carbonyl (C=O) groups is 2. The number of nitrogens with zero attached hydrogens (tertiary/aromatic N) is 3. The lowest BCUT2D eigenvalue weighted by Gasteiger charge is -2.26. The second kappa shape index (κ2) is 7.02. The molecule has 2 saturated heterocycles. The molecule has 3 amide bonds. The highest BCUT2D eigenvalue weighted by molar-refractivity contribution is 5.93. The number of anilines is 1. The Hall–Kier alpha value is -2.11. The van der Waals surface area contributed by atoms with Gasteiger partial charge in [-0.05, 0) is 56.1 Å². The first-order chi connectivity index (χ1) is 12.2. The average molecular weight is 342 g/mol. The summed E-state index contributed by atoms with van der Waals surface area (Å²) in [5.74, 6) is 1.37. The van der Waals surface area contributed by atoms with Gasteiger partial charge < -0.3 is 15.1 Å². The van der Waals surface area contributed by atoms with Gasteiger partial charge in [0, 0.05) is 26.2 Å². The molecular weight excluding hydrogens is 316 g/mol. The van der Waals surface area contributed by atoms with Crippen LogP contribution in [0.5, 0.6) is 0 Å². The van der Waals surface area contributed by atoms with E-state index in [0.717, 1.165) is 39.0 Å². The number of amides is 3. The van der Waals surface area contributed by atoms with Gasteiger partial charge in [0.25, 0.3) is 5.91 Å². The maximum Gasteiger partial charge on any atom is 0.321 e. The topological polar surface area (TPSA) is 65.5 Å². The third-order valence-corrected chi connectivity index (χ3v) is 5.89. The molecule has 0 radical (unpaired) electrons. The molecule has 3 aliphatic rings. The highest BCUT2D eigenvalue weighted by Crippen LogP contribution is 2.37. The van der Waals surface area contributed by atoms with E-state index in [1.807, 2.05) is 9.80 Å². The molecule has 2 aliphatic heterocycles. The first-order valence-corrected chi connectivity index (χ1v) is 9.52. The number of carbonyl (C=O) groups excluding carboxylic acids is 2. The molecular formula is C19H26N4O2. The second-order valence-electron chi connectivity index (χ2n) is 7.57. The number of fused-ring (bicyclic) bond motifs is 1. The van der Waals surface area contributed by atoms with Crippen molar-refractivity contribution in [3.05, 3.63) is 24.0 Å². The molecule has 3 heterocycles. The molecule has 134 valence electrons. The van der Waals surface area contributed by atoms with Crippen molar-refractivity contribution < 1.29 is 9.59 Å². The highest BCUT2D eigenvalue weighted by Gasteiger charge is 2.38. The maximum absolute atomic E-state index is 12.4. The van der Waals surface area contributed by atoms with E-state index in [2.05, 4.69) is 10.3 Å². The molecule has 1 aromatic rings. The van der Waals surface area contributed by atoms with Crippen molar-refractivity contribution in [1.82, 2.24) is 14.8 Å². The van der Waals surface area contributed by atoms with Crippen LogP contribution in [0.2, 0.25) is 0 Å². The van der Waals surface area contributed by atoms with Gasteiger partial charge in [-0.1, -0.05) is 6.42 Å². The van der Waals surface area contributed by atoms with Crippen molar-refractivity contribution >= 4 is 17.6 Å².